The monoisotopic (exact) mass is 292 g/mol. The summed E-state index contributed by atoms with van der Waals surface area (Å²) in [7, 11) is 0. The molecule has 5 heteroatoms. The second-order valence-corrected chi connectivity index (χ2v) is 5.61. The number of anilines is 1. The van der Waals surface area contributed by atoms with Gasteiger partial charge in [-0.3, -0.25) is 0 Å². The lowest BCUT2D eigenvalue weighted by Gasteiger charge is -2.37. The van der Waals surface area contributed by atoms with Crippen LogP contribution in [-0.4, -0.2) is 42.3 Å². The van der Waals surface area contributed by atoms with Crippen LogP contribution < -0.4 is 15.0 Å². The molecule has 0 saturated carbocycles. The molecule has 0 aliphatic carbocycles. The summed E-state index contributed by atoms with van der Waals surface area (Å²) in [5.41, 5.74) is 1.06. The molecule has 1 aromatic heterocycles. The Morgan fingerprint density at radius 3 is 2.95 bits per heavy atom. The SMILES string of the molecule is CCCNCC1CCCCN1c1ncnc(OCC)c1C. The first-order valence-corrected chi connectivity index (χ1v) is 8.19. The summed E-state index contributed by atoms with van der Waals surface area (Å²) in [5.74, 6) is 1.75. The molecule has 1 atom stereocenters. The minimum atomic E-state index is 0.522. The zero-order valence-corrected chi connectivity index (χ0v) is 13.6. The molecule has 0 spiro atoms. The molecule has 0 radical (unpaired) electrons. The summed E-state index contributed by atoms with van der Waals surface area (Å²) in [6.45, 7) is 10.1. The average molecular weight is 292 g/mol. The van der Waals surface area contributed by atoms with Crippen molar-refractivity contribution >= 4 is 5.82 Å². The van der Waals surface area contributed by atoms with E-state index < -0.39 is 0 Å². The molecule has 1 saturated heterocycles. The van der Waals surface area contributed by atoms with Gasteiger partial charge >= 0.3 is 0 Å². The summed E-state index contributed by atoms with van der Waals surface area (Å²) in [4.78, 5) is 11.2. The van der Waals surface area contributed by atoms with Crippen molar-refractivity contribution in [2.45, 2.75) is 52.5 Å². The fourth-order valence-corrected chi connectivity index (χ4v) is 2.93. The van der Waals surface area contributed by atoms with Gasteiger partial charge in [0.25, 0.3) is 0 Å². The van der Waals surface area contributed by atoms with E-state index in [1.165, 1.54) is 25.7 Å². The number of aromatic nitrogens is 2. The zero-order chi connectivity index (χ0) is 15.1. The minimum absolute atomic E-state index is 0.522. The lowest BCUT2D eigenvalue weighted by Crippen LogP contribution is -2.46. The number of ether oxygens (including phenoxy) is 1. The van der Waals surface area contributed by atoms with E-state index in [0.717, 1.165) is 31.0 Å². The Kier molecular flexibility index (Phi) is 6.23. The van der Waals surface area contributed by atoms with Crippen molar-refractivity contribution in [3.63, 3.8) is 0 Å². The molecule has 5 nitrogen and oxygen atoms in total. The lowest BCUT2D eigenvalue weighted by atomic mass is 10.0. The molecule has 1 N–H and O–H groups in total. The van der Waals surface area contributed by atoms with Crippen molar-refractivity contribution < 1.29 is 4.74 Å². The fraction of sp³-hybridized carbons (Fsp3) is 0.750. The summed E-state index contributed by atoms with van der Waals surface area (Å²) in [5, 5.41) is 3.55. The highest BCUT2D eigenvalue weighted by Gasteiger charge is 2.25. The second kappa shape index (κ2) is 8.17. The second-order valence-electron chi connectivity index (χ2n) is 5.61. The third kappa shape index (κ3) is 4.06. The Bertz CT molecular complexity index is 438. The molecule has 1 aromatic rings. The van der Waals surface area contributed by atoms with Gasteiger partial charge in [0.1, 0.15) is 12.1 Å². The summed E-state index contributed by atoms with van der Waals surface area (Å²) in [6.07, 6.45) is 6.56. The Morgan fingerprint density at radius 1 is 1.33 bits per heavy atom. The van der Waals surface area contributed by atoms with Gasteiger partial charge in [-0.25, -0.2) is 9.97 Å². The predicted molar refractivity (Wildman–Crippen MR) is 86.1 cm³/mol. The van der Waals surface area contributed by atoms with Crippen LogP contribution in [0.1, 0.15) is 45.1 Å². The summed E-state index contributed by atoms with van der Waals surface area (Å²) >= 11 is 0. The van der Waals surface area contributed by atoms with Crippen LogP contribution in [-0.2, 0) is 0 Å². The Hall–Kier alpha value is -1.36. The van der Waals surface area contributed by atoms with E-state index >= 15 is 0 Å². The maximum atomic E-state index is 5.61. The van der Waals surface area contributed by atoms with Gasteiger partial charge in [-0.1, -0.05) is 6.92 Å². The molecule has 1 aliphatic rings. The van der Waals surface area contributed by atoms with E-state index in [1.54, 1.807) is 6.33 Å². The highest BCUT2D eigenvalue weighted by Crippen LogP contribution is 2.29. The number of hydrogen-bond acceptors (Lipinski definition) is 5. The smallest absolute Gasteiger partial charge is 0.221 e. The largest absolute Gasteiger partial charge is 0.478 e. The van der Waals surface area contributed by atoms with Crippen LogP contribution in [0.4, 0.5) is 5.82 Å². The van der Waals surface area contributed by atoms with Gasteiger partial charge < -0.3 is 15.0 Å². The van der Waals surface area contributed by atoms with Crippen molar-refractivity contribution in [1.82, 2.24) is 15.3 Å². The molecule has 2 rings (SSSR count). The number of rotatable bonds is 7. The Morgan fingerprint density at radius 2 is 2.19 bits per heavy atom. The normalized spacial score (nSPS) is 18.8. The van der Waals surface area contributed by atoms with E-state index in [0.29, 0.717) is 18.5 Å². The number of piperidine rings is 1. The summed E-state index contributed by atoms with van der Waals surface area (Å²) in [6, 6.07) is 0.522. The molecule has 1 unspecified atom stereocenters. The highest BCUT2D eigenvalue weighted by atomic mass is 16.5. The van der Waals surface area contributed by atoms with Gasteiger partial charge in [-0.2, -0.15) is 0 Å². The van der Waals surface area contributed by atoms with Gasteiger partial charge in [0, 0.05) is 19.1 Å². The van der Waals surface area contributed by atoms with Crippen molar-refractivity contribution in [3.05, 3.63) is 11.9 Å². The fourth-order valence-electron chi connectivity index (χ4n) is 2.93. The number of nitrogens with zero attached hydrogens (tertiary/aromatic N) is 3. The Labute approximate surface area is 128 Å². The van der Waals surface area contributed by atoms with Crippen LogP contribution in [0.3, 0.4) is 0 Å². The van der Waals surface area contributed by atoms with E-state index in [-0.39, 0.29) is 0 Å². The summed E-state index contributed by atoms with van der Waals surface area (Å²) < 4.78 is 5.61. The van der Waals surface area contributed by atoms with Gasteiger partial charge in [-0.05, 0) is 46.1 Å². The first kappa shape index (κ1) is 16.0. The number of nitrogens with one attached hydrogen (secondary N) is 1. The molecule has 118 valence electrons. The molecule has 1 fully saturated rings. The predicted octanol–water partition coefficient (Wildman–Crippen LogP) is 2.54. The first-order valence-electron chi connectivity index (χ1n) is 8.19. The number of hydrogen-bond donors (Lipinski definition) is 1. The maximum Gasteiger partial charge on any atom is 0.221 e. The molecule has 0 amide bonds. The van der Waals surface area contributed by atoms with E-state index in [1.807, 2.05) is 6.92 Å². The van der Waals surface area contributed by atoms with Crippen LogP contribution in [0.25, 0.3) is 0 Å². The molecule has 21 heavy (non-hydrogen) atoms. The standard InChI is InChI=1S/C16H28N4O/c1-4-9-17-11-14-8-6-7-10-20(14)15-13(3)16(21-5-2)19-12-18-15/h12,14,17H,4-11H2,1-3H3. The van der Waals surface area contributed by atoms with E-state index in [9.17, 15) is 0 Å². The van der Waals surface area contributed by atoms with Crippen molar-refractivity contribution in [3.8, 4) is 5.88 Å². The third-order valence-corrected chi connectivity index (χ3v) is 4.00. The highest BCUT2D eigenvalue weighted by molar-refractivity contribution is 5.51. The van der Waals surface area contributed by atoms with Crippen molar-refractivity contribution in [2.75, 3.05) is 31.1 Å². The maximum absolute atomic E-state index is 5.61. The molecule has 0 aromatic carbocycles. The third-order valence-electron chi connectivity index (χ3n) is 4.00. The van der Waals surface area contributed by atoms with Crippen LogP contribution in [0.5, 0.6) is 5.88 Å². The van der Waals surface area contributed by atoms with Gasteiger partial charge in [0.05, 0.1) is 12.2 Å². The first-order chi connectivity index (χ1) is 10.3. The van der Waals surface area contributed by atoms with Crippen LogP contribution >= 0.6 is 0 Å². The van der Waals surface area contributed by atoms with Gasteiger partial charge in [-0.15, -0.1) is 0 Å². The molecule has 2 heterocycles. The van der Waals surface area contributed by atoms with E-state index in [2.05, 4.69) is 34.0 Å². The molecule has 1 aliphatic heterocycles. The molecule has 0 bridgehead atoms. The van der Waals surface area contributed by atoms with Gasteiger partial charge in [0.15, 0.2) is 0 Å². The van der Waals surface area contributed by atoms with Crippen molar-refractivity contribution in [1.29, 1.82) is 0 Å². The van der Waals surface area contributed by atoms with Crippen molar-refractivity contribution in [2.24, 2.45) is 0 Å². The quantitative estimate of drug-likeness (QED) is 0.783. The van der Waals surface area contributed by atoms with E-state index in [4.69, 9.17) is 4.74 Å². The molecular weight excluding hydrogens is 264 g/mol. The zero-order valence-electron chi connectivity index (χ0n) is 13.6. The minimum Gasteiger partial charge on any atom is -0.478 e. The Balaban J connectivity index is 2.14. The topological polar surface area (TPSA) is 50.3 Å². The van der Waals surface area contributed by atoms with Crippen LogP contribution in [0.15, 0.2) is 6.33 Å². The lowest BCUT2D eigenvalue weighted by molar-refractivity contribution is 0.323. The van der Waals surface area contributed by atoms with Crippen LogP contribution in [0, 0.1) is 6.92 Å². The van der Waals surface area contributed by atoms with Gasteiger partial charge in [0.2, 0.25) is 5.88 Å². The average Bonchev–Trinajstić information content (AvgIpc) is 2.51. The van der Waals surface area contributed by atoms with Crippen LogP contribution in [0.2, 0.25) is 0 Å². The molecular formula is C16H28N4O.